The fraction of sp³-hybridized carbons (Fsp3) is 0.789. The summed E-state index contributed by atoms with van der Waals surface area (Å²) in [5, 5.41) is 3.27. The minimum Gasteiger partial charge on any atom is -0.382 e. The van der Waals surface area contributed by atoms with E-state index < -0.39 is 0 Å². The van der Waals surface area contributed by atoms with Gasteiger partial charge in [-0.1, -0.05) is 67.6 Å². The van der Waals surface area contributed by atoms with Crippen LogP contribution < -0.4 is 10.7 Å². The van der Waals surface area contributed by atoms with Gasteiger partial charge >= 0.3 is 0 Å². The first-order chi connectivity index (χ1) is 10.8. The van der Waals surface area contributed by atoms with E-state index >= 15 is 0 Å². The fourth-order valence-electron chi connectivity index (χ4n) is 2.15. The summed E-state index contributed by atoms with van der Waals surface area (Å²) in [6.07, 6.45) is 2.22. The molecule has 23 heavy (non-hydrogen) atoms. The van der Waals surface area contributed by atoms with Crippen LogP contribution in [0.5, 0.6) is 0 Å². The topological polar surface area (TPSA) is 32.3 Å². The molecule has 0 bridgehead atoms. The highest BCUT2D eigenvalue weighted by molar-refractivity contribution is 7.71. The van der Waals surface area contributed by atoms with Crippen molar-refractivity contribution < 1.29 is 0 Å². The number of nitrogens with zero attached hydrogens (tertiary/aromatic N) is 1. The SMILES string of the molecule is CC.CC.CCN(C)CCCCNc1c(C(C)(C)C)c(=S)c1=O. The lowest BCUT2D eigenvalue weighted by Crippen LogP contribution is -2.29. The Kier molecular flexibility index (Phi) is 13.5. The van der Waals surface area contributed by atoms with E-state index in [9.17, 15) is 4.79 Å². The summed E-state index contributed by atoms with van der Waals surface area (Å²) in [5.74, 6) is 0. The molecule has 0 spiro atoms. The molecule has 4 heteroatoms. The monoisotopic (exact) mass is 342 g/mol. The van der Waals surface area contributed by atoms with Gasteiger partial charge in [0.1, 0.15) is 0 Å². The van der Waals surface area contributed by atoms with Gasteiger partial charge in [0, 0.05) is 12.1 Å². The molecule has 1 rings (SSSR count). The van der Waals surface area contributed by atoms with E-state index in [1.165, 1.54) is 0 Å². The molecular weight excluding hydrogens is 304 g/mol. The molecule has 0 aromatic heterocycles. The van der Waals surface area contributed by atoms with E-state index in [1.54, 1.807) is 0 Å². The molecular formula is C19H38N2OS. The first-order valence-electron chi connectivity index (χ1n) is 9.05. The van der Waals surface area contributed by atoms with E-state index in [1.807, 2.05) is 27.7 Å². The number of nitrogens with one attached hydrogen (secondary N) is 1. The lowest BCUT2D eigenvalue weighted by atomic mass is 9.83. The van der Waals surface area contributed by atoms with Crippen LogP contribution in [-0.4, -0.2) is 31.6 Å². The first kappa shape index (κ1) is 24.5. The van der Waals surface area contributed by atoms with Crippen molar-refractivity contribution in [2.24, 2.45) is 0 Å². The van der Waals surface area contributed by atoms with Crippen molar-refractivity contribution in [3.8, 4) is 0 Å². The Hall–Kier alpha value is -0.740. The highest BCUT2D eigenvalue weighted by Gasteiger charge is 2.27. The van der Waals surface area contributed by atoms with Crippen LogP contribution in [0.15, 0.2) is 4.79 Å². The highest BCUT2D eigenvalue weighted by Crippen LogP contribution is 2.30. The molecule has 0 saturated carbocycles. The van der Waals surface area contributed by atoms with Crippen LogP contribution in [0.1, 0.15) is 73.8 Å². The number of rotatable bonds is 7. The Morgan fingerprint density at radius 2 is 1.61 bits per heavy atom. The van der Waals surface area contributed by atoms with Gasteiger partial charge in [0.2, 0.25) is 5.43 Å². The lowest BCUT2D eigenvalue weighted by Gasteiger charge is -2.25. The van der Waals surface area contributed by atoms with Crippen molar-refractivity contribution in [2.75, 3.05) is 32.0 Å². The molecule has 0 atom stereocenters. The van der Waals surface area contributed by atoms with Gasteiger partial charge in [-0.2, -0.15) is 0 Å². The third-order valence-electron chi connectivity index (χ3n) is 3.47. The van der Waals surface area contributed by atoms with Gasteiger partial charge in [0.25, 0.3) is 0 Å². The molecule has 1 aromatic carbocycles. The zero-order valence-corrected chi connectivity index (χ0v) is 17.6. The minimum absolute atomic E-state index is 0.0191. The van der Waals surface area contributed by atoms with Crippen LogP contribution in [0.25, 0.3) is 0 Å². The molecule has 3 nitrogen and oxygen atoms in total. The summed E-state index contributed by atoms with van der Waals surface area (Å²) in [6.45, 7) is 19.5. The molecule has 0 saturated heterocycles. The van der Waals surface area contributed by atoms with Gasteiger partial charge in [-0.15, -0.1) is 0 Å². The number of hydrogen-bond acceptors (Lipinski definition) is 4. The second-order valence-electron chi connectivity index (χ2n) is 6.19. The molecule has 0 aliphatic rings. The van der Waals surface area contributed by atoms with Crippen LogP contribution in [0.4, 0.5) is 5.69 Å². The molecule has 0 aliphatic carbocycles. The number of unbranched alkanes of at least 4 members (excludes halogenated alkanes) is 1. The van der Waals surface area contributed by atoms with E-state index in [-0.39, 0.29) is 10.8 Å². The van der Waals surface area contributed by atoms with Gasteiger partial charge in [-0.3, -0.25) is 4.79 Å². The van der Waals surface area contributed by atoms with Crippen LogP contribution in [-0.2, 0) is 5.41 Å². The maximum atomic E-state index is 11.8. The quantitative estimate of drug-likeness (QED) is 0.549. The summed E-state index contributed by atoms with van der Waals surface area (Å²) < 4.78 is 0.515. The van der Waals surface area contributed by atoms with E-state index in [0.717, 1.165) is 43.7 Å². The van der Waals surface area contributed by atoms with Crippen LogP contribution in [0.3, 0.4) is 0 Å². The summed E-state index contributed by atoms with van der Waals surface area (Å²) in [5.41, 5.74) is 1.75. The third kappa shape index (κ3) is 8.07. The van der Waals surface area contributed by atoms with Gasteiger partial charge in [-0.05, 0) is 38.4 Å². The lowest BCUT2D eigenvalue weighted by molar-refractivity contribution is 0.345. The predicted octanol–water partition coefficient (Wildman–Crippen LogP) is 5.15. The van der Waals surface area contributed by atoms with Crippen molar-refractivity contribution >= 4 is 17.9 Å². The smallest absolute Gasteiger partial charge is 0.220 e. The molecule has 0 radical (unpaired) electrons. The van der Waals surface area contributed by atoms with Gasteiger partial charge in [-0.25, -0.2) is 0 Å². The molecule has 0 aliphatic heterocycles. The largest absolute Gasteiger partial charge is 0.382 e. The summed E-state index contributed by atoms with van der Waals surface area (Å²) >= 11 is 5.15. The van der Waals surface area contributed by atoms with E-state index in [0.29, 0.717) is 4.51 Å². The average Bonchev–Trinajstić information content (AvgIpc) is 2.55. The van der Waals surface area contributed by atoms with Crippen molar-refractivity contribution in [1.29, 1.82) is 0 Å². The fourth-order valence-corrected chi connectivity index (χ4v) is 2.66. The van der Waals surface area contributed by atoms with Crippen LogP contribution in [0.2, 0.25) is 0 Å². The van der Waals surface area contributed by atoms with Gasteiger partial charge < -0.3 is 10.2 Å². The summed E-state index contributed by atoms with van der Waals surface area (Å²) in [4.78, 5) is 14.1. The average molecular weight is 343 g/mol. The minimum atomic E-state index is -0.0459. The Morgan fingerprint density at radius 1 is 1.09 bits per heavy atom. The molecule has 1 aromatic rings. The highest BCUT2D eigenvalue weighted by atomic mass is 32.1. The Balaban J connectivity index is 0. The predicted molar refractivity (Wildman–Crippen MR) is 108 cm³/mol. The van der Waals surface area contributed by atoms with E-state index in [4.69, 9.17) is 12.2 Å². The number of hydrogen-bond donors (Lipinski definition) is 1. The van der Waals surface area contributed by atoms with Crippen LogP contribution in [0, 0.1) is 4.51 Å². The molecule has 0 fully saturated rings. The Labute approximate surface area is 149 Å². The first-order valence-corrected chi connectivity index (χ1v) is 9.46. The zero-order chi connectivity index (χ0) is 18.6. The Bertz CT molecular complexity index is 482. The maximum Gasteiger partial charge on any atom is 0.220 e. The van der Waals surface area contributed by atoms with Crippen molar-refractivity contribution in [2.45, 2.75) is 73.6 Å². The second kappa shape index (κ2) is 12.7. The van der Waals surface area contributed by atoms with Gasteiger partial charge in [0.15, 0.2) is 0 Å². The van der Waals surface area contributed by atoms with E-state index in [2.05, 4.69) is 45.0 Å². The molecule has 136 valence electrons. The van der Waals surface area contributed by atoms with Gasteiger partial charge in [0.05, 0.1) is 10.2 Å². The summed E-state index contributed by atoms with van der Waals surface area (Å²) in [7, 11) is 2.13. The standard InChI is InChI=1S/C15H26N2OS.2C2H6/c1-6-17(5)10-8-7-9-16-12-11(15(2,3)4)14(19)13(12)18;2*1-2/h16H,6-10H2,1-5H3;2*1-2H3. The molecule has 0 amide bonds. The van der Waals surface area contributed by atoms with Crippen molar-refractivity contribution in [3.05, 3.63) is 20.3 Å². The summed E-state index contributed by atoms with van der Waals surface area (Å²) in [6, 6.07) is 0. The second-order valence-corrected chi connectivity index (χ2v) is 6.60. The maximum absolute atomic E-state index is 11.8. The van der Waals surface area contributed by atoms with Crippen LogP contribution >= 0.6 is 12.2 Å². The zero-order valence-electron chi connectivity index (χ0n) is 16.8. The third-order valence-corrected chi connectivity index (χ3v) is 3.86. The molecule has 1 N–H and O–H groups in total. The molecule has 0 heterocycles. The van der Waals surface area contributed by atoms with Crippen molar-refractivity contribution in [3.63, 3.8) is 0 Å². The normalized spacial score (nSPS) is 10.7. The number of anilines is 1. The molecule has 0 unspecified atom stereocenters. The Morgan fingerprint density at radius 3 is 2.04 bits per heavy atom. The van der Waals surface area contributed by atoms with Crippen molar-refractivity contribution in [1.82, 2.24) is 4.90 Å².